The number of methoxy groups -OCH3 is 1. The van der Waals surface area contributed by atoms with Crippen LogP contribution in [0.25, 0.3) is 9.88 Å². The predicted molar refractivity (Wildman–Crippen MR) is 85.5 cm³/mol. The fourth-order valence-corrected chi connectivity index (χ4v) is 3.60. The van der Waals surface area contributed by atoms with E-state index in [0.717, 1.165) is 9.88 Å². The number of carboxylic acid groups (broad SMARTS) is 1. The number of carboxylic acids is 1. The molecule has 1 amide bonds. The number of ether oxygens (including phenoxy) is 1. The van der Waals surface area contributed by atoms with E-state index in [9.17, 15) is 9.59 Å². The maximum atomic E-state index is 12.3. The van der Waals surface area contributed by atoms with E-state index in [1.54, 1.807) is 18.3 Å². The number of hydrogen-bond donors (Lipinski definition) is 2. The van der Waals surface area contributed by atoms with Gasteiger partial charge in [0.25, 0.3) is 5.91 Å². The first-order chi connectivity index (χ1) is 10.5. The van der Waals surface area contributed by atoms with E-state index in [1.165, 1.54) is 18.4 Å². The predicted octanol–water partition coefficient (Wildman–Crippen LogP) is 2.40. The number of carbonyl (C=O) groups is 2. The van der Waals surface area contributed by atoms with E-state index in [-0.39, 0.29) is 13.0 Å². The van der Waals surface area contributed by atoms with Gasteiger partial charge in [-0.05, 0) is 18.4 Å². The Labute approximate surface area is 135 Å². The fraction of sp³-hybridized carbons (Fsp3) is 0.357. The largest absolute Gasteiger partial charge is 0.480 e. The number of thiophene rings is 1. The third kappa shape index (κ3) is 3.90. The number of aromatic nitrogens is 1. The molecule has 2 heterocycles. The maximum Gasteiger partial charge on any atom is 0.326 e. The Morgan fingerprint density at radius 3 is 2.86 bits per heavy atom. The number of thiazole rings is 1. The Hall–Kier alpha value is -1.77. The third-order valence-corrected chi connectivity index (χ3v) is 5.14. The molecule has 0 aliphatic rings. The summed E-state index contributed by atoms with van der Waals surface area (Å²) in [6.07, 6.45) is 0.215. The quantitative estimate of drug-likeness (QED) is 0.808. The summed E-state index contributed by atoms with van der Waals surface area (Å²) in [5.41, 5.74) is 0.599. The van der Waals surface area contributed by atoms with Crippen molar-refractivity contribution >= 4 is 34.6 Å². The van der Waals surface area contributed by atoms with Gasteiger partial charge in [0.1, 0.15) is 15.9 Å². The minimum atomic E-state index is -1.08. The molecule has 0 aromatic carbocycles. The van der Waals surface area contributed by atoms with Crippen molar-refractivity contribution in [1.82, 2.24) is 10.3 Å². The molecule has 0 saturated carbocycles. The molecule has 2 aromatic rings. The summed E-state index contributed by atoms with van der Waals surface area (Å²) in [4.78, 5) is 29.3. The molecular formula is C14H16N2O4S2. The van der Waals surface area contributed by atoms with Crippen LogP contribution in [0.15, 0.2) is 17.5 Å². The lowest BCUT2D eigenvalue weighted by molar-refractivity contribution is -0.139. The van der Waals surface area contributed by atoms with Gasteiger partial charge >= 0.3 is 5.97 Å². The normalized spacial score (nSPS) is 12.1. The molecule has 1 atom stereocenters. The molecule has 2 N–H and O–H groups in total. The summed E-state index contributed by atoms with van der Waals surface area (Å²) < 4.78 is 4.86. The molecule has 0 spiro atoms. The summed E-state index contributed by atoms with van der Waals surface area (Å²) in [7, 11) is 1.49. The molecule has 0 saturated heterocycles. The molecule has 8 heteroatoms. The van der Waals surface area contributed by atoms with Crippen LogP contribution in [0.3, 0.4) is 0 Å². The van der Waals surface area contributed by atoms with E-state index in [0.29, 0.717) is 10.6 Å². The monoisotopic (exact) mass is 340 g/mol. The lowest BCUT2D eigenvalue weighted by atomic mass is 10.2. The van der Waals surface area contributed by atoms with E-state index in [4.69, 9.17) is 9.84 Å². The van der Waals surface area contributed by atoms with Gasteiger partial charge in [-0.25, -0.2) is 9.78 Å². The highest BCUT2D eigenvalue weighted by Crippen LogP contribution is 2.31. The Morgan fingerprint density at radius 2 is 2.27 bits per heavy atom. The second-order valence-electron chi connectivity index (χ2n) is 4.56. The lowest BCUT2D eigenvalue weighted by Gasteiger charge is -2.13. The molecule has 1 unspecified atom stereocenters. The van der Waals surface area contributed by atoms with Crippen LogP contribution in [-0.4, -0.2) is 41.7 Å². The van der Waals surface area contributed by atoms with Crippen molar-refractivity contribution in [2.45, 2.75) is 19.4 Å². The van der Waals surface area contributed by atoms with Crippen molar-refractivity contribution < 1.29 is 19.4 Å². The zero-order valence-electron chi connectivity index (χ0n) is 12.2. The molecule has 118 valence electrons. The van der Waals surface area contributed by atoms with E-state index < -0.39 is 17.9 Å². The van der Waals surface area contributed by atoms with Gasteiger partial charge in [0.15, 0.2) is 0 Å². The van der Waals surface area contributed by atoms with Crippen molar-refractivity contribution in [1.29, 1.82) is 0 Å². The number of nitrogens with one attached hydrogen (secondary N) is 1. The minimum Gasteiger partial charge on any atom is -0.480 e. The Kier molecular flexibility index (Phi) is 5.64. The number of carbonyl (C=O) groups excluding carboxylic acids is 1. The highest BCUT2D eigenvalue weighted by molar-refractivity contribution is 7.22. The first-order valence-electron chi connectivity index (χ1n) is 6.57. The first kappa shape index (κ1) is 16.6. The smallest absolute Gasteiger partial charge is 0.326 e. The van der Waals surface area contributed by atoms with Crippen molar-refractivity contribution in [3.63, 3.8) is 0 Å². The minimum absolute atomic E-state index is 0.215. The van der Waals surface area contributed by atoms with Crippen LogP contribution in [-0.2, 0) is 9.53 Å². The zero-order valence-corrected chi connectivity index (χ0v) is 13.8. The average molecular weight is 340 g/mol. The summed E-state index contributed by atoms with van der Waals surface area (Å²) in [6, 6.07) is 2.88. The summed E-state index contributed by atoms with van der Waals surface area (Å²) in [5, 5.41) is 14.4. The second kappa shape index (κ2) is 7.48. The van der Waals surface area contributed by atoms with Crippen molar-refractivity contribution in [3.05, 3.63) is 28.1 Å². The molecule has 2 aromatic heterocycles. The SMILES string of the molecule is COCCC(NC(=O)c1sc(-c2cccs2)nc1C)C(=O)O. The standard InChI is InChI=1S/C14H16N2O4S2/c1-8-11(22-13(15-8)10-4-3-7-21-10)12(17)16-9(14(18)19)5-6-20-2/h3-4,7,9H,5-6H2,1-2H3,(H,16,17)(H,18,19). The van der Waals surface area contributed by atoms with E-state index in [2.05, 4.69) is 10.3 Å². The summed E-state index contributed by atoms with van der Waals surface area (Å²) in [6.45, 7) is 2.01. The highest BCUT2D eigenvalue weighted by atomic mass is 32.1. The summed E-state index contributed by atoms with van der Waals surface area (Å²) >= 11 is 2.81. The molecule has 0 aliphatic carbocycles. The van der Waals surface area contributed by atoms with Crippen molar-refractivity contribution in [2.24, 2.45) is 0 Å². The molecule has 0 radical (unpaired) electrons. The van der Waals surface area contributed by atoms with Crippen LogP contribution in [0.1, 0.15) is 21.8 Å². The van der Waals surface area contributed by atoms with E-state index >= 15 is 0 Å². The third-order valence-electron chi connectivity index (χ3n) is 2.95. The number of aryl methyl sites for hydroxylation is 1. The summed E-state index contributed by atoms with van der Waals surface area (Å²) in [5.74, 6) is -1.49. The van der Waals surface area contributed by atoms with Gasteiger partial charge in [-0.15, -0.1) is 22.7 Å². The van der Waals surface area contributed by atoms with Crippen molar-refractivity contribution in [3.8, 4) is 9.88 Å². The molecule has 6 nitrogen and oxygen atoms in total. The topological polar surface area (TPSA) is 88.5 Å². The highest BCUT2D eigenvalue weighted by Gasteiger charge is 2.23. The number of nitrogens with zero attached hydrogens (tertiary/aromatic N) is 1. The fourth-order valence-electron chi connectivity index (χ4n) is 1.83. The molecule has 2 rings (SSSR count). The van der Waals surface area contributed by atoms with E-state index in [1.807, 2.05) is 17.5 Å². The van der Waals surface area contributed by atoms with Crippen LogP contribution >= 0.6 is 22.7 Å². The van der Waals surface area contributed by atoms with Crippen LogP contribution in [0.4, 0.5) is 0 Å². The van der Waals surface area contributed by atoms with Gasteiger partial charge in [-0.2, -0.15) is 0 Å². The van der Waals surface area contributed by atoms with Gasteiger partial charge < -0.3 is 15.2 Å². The van der Waals surface area contributed by atoms with Crippen LogP contribution in [0, 0.1) is 6.92 Å². The zero-order chi connectivity index (χ0) is 16.1. The Balaban J connectivity index is 2.13. The van der Waals surface area contributed by atoms with Gasteiger partial charge in [0.05, 0.1) is 10.6 Å². The van der Waals surface area contributed by atoms with Gasteiger partial charge in [0.2, 0.25) is 0 Å². The molecule has 0 bridgehead atoms. The number of hydrogen-bond acceptors (Lipinski definition) is 6. The first-order valence-corrected chi connectivity index (χ1v) is 8.26. The van der Waals surface area contributed by atoms with Gasteiger partial charge in [-0.1, -0.05) is 6.07 Å². The molecule has 22 heavy (non-hydrogen) atoms. The Morgan fingerprint density at radius 1 is 1.50 bits per heavy atom. The van der Waals surface area contributed by atoms with Gasteiger partial charge in [-0.3, -0.25) is 4.79 Å². The van der Waals surface area contributed by atoms with Gasteiger partial charge in [0, 0.05) is 20.1 Å². The van der Waals surface area contributed by atoms with Crippen LogP contribution in [0.2, 0.25) is 0 Å². The number of aliphatic carboxylic acids is 1. The second-order valence-corrected chi connectivity index (χ2v) is 6.50. The molecular weight excluding hydrogens is 324 g/mol. The maximum absolute atomic E-state index is 12.3. The lowest BCUT2D eigenvalue weighted by Crippen LogP contribution is -2.41. The average Bonchev–Trinajstić information content (AvgIpc) is 3.11. The van der Waals surface area contributed by atoms with Crippen LogP contribution < -0.4 is 5.32 Å². The Bertz CT molecular complexity index is 652. The molecule has 0 aliphatic heterocycles. The number of amides is 1. The van der Waals surface area contributed by atoms with Crippen LogP contribution in [0.5, 0.6) is 0 Å². The molecule has 0 fully saturated rings. The van der Waals surface area contributed by atoms with Crippen molar-refractivity contribution in [2.75, 3.05) is 13.7 Å². The number of rotatable bonds is 7.